The number of halogens is 1. The maximum Gasteiger partial charge on any atom is 0.259 e. The van der Waals surface area contributed by atoms with Crippen LogP contribution in [0.4, 0.5) is 0 Å². The second-order valence-corrected chi connectivity index (χ2v) is 6.29. The van der Waals surface area contributed by atoms with Crippen LogP contribution in [0.15, 0.2) is 28.0 Å². The first-order chi connectivity index (χ1) is 9.06. The monoisotopic (exact) mass is 385 g/mol. The molecule has 0 spiro atoms. The van der Waals surface area contributed by atoms with E-state index in [0.29, 0.717) is 27.3 Å². The van der Waals surface area contributed by atoms with E-state index in [1.165, 1.54) is 11.8 Å². The predicted octanol–water partition coefficient (Wildman–Crippen LogP) is 1.47. The molecule has 0 fully saturated rings. The molecular weight excluding hydrogens is 377 g/mol. The van der Waals surface area contributed by atoms with Gasteiger partial charge in [-0.3, -0.25) is 9.59 Å². The Kier molecular flexibility index (Phi) is 3.09. The summed E-state index contributed by atoms with van der Waals surface area (Å²) in [6, 6.07) is 5.38. The number of Topliss-reactive ketones (excluding diaryl/α,β-unsaturated/α-hetero) is 1. The zero-order chi connectivity index (χ0) is 13.6. The van der Waals surface area contributed by atoms with Crippen molar-refractivity contribution < 1.29 is 4.79 Å². The molecule has 3 N–H and O–H groups in total. The lowest BCUT2D eigenvalue weighted by Gasteiger charge is -2.04. The van der Waals surface area contributed by atoms with Gasteiger partial charge in [-0.25, -0.2) is 4.98 Å². The molecule has 3 rings (SSSR count). The van der Waals surface area contributed by atoms with Crippen LogP contribution < -0.4 is 11.3 Å². The Morgan fingerprint density at radius 1 is 1.37 bits per heavy atom. The number of carbonyl (C=O) groups excluding carboxylic acids is 1. The van der Waals surface area contributed by atoms with Gasteiger partial charge in [-0.05, 0) is 40.8 Å². The SMILES string of the molecule is NC1=C(c2nc3ccc(I)cc3c(=O)[nH]2)C(=O)CS1. The molecule has 0 radical (unpaired) electrons. The molecule has 0 saturated heterocycles. The van der Waals surface area contributed by atoms with Crippen LogP contribution in [-0.4, -0.2) is 21.5 Å². The van der Waals surface area contributed by atoms with E-state index in [4.69, 9.17) is 5.73 Å². The second kappa shape index (κ2) is 4.64. The molecule has 0 amide bonds. The number of nitrogens with one attached hydrogen (secondary N) is 1. The number of thioether (sulfide) groups is 1. The van der Waals surface area contributed by atoms with E-state index in [-0.39, 0.29) is 17.2 Å². The summed E-state index contributed by atoms with van der Waals surface area (Å²) in [6.07, 6.45) is 0. The van der Waals surface area contributed by atoms with Gasteiger partial charge in [0.1, 0.15) is 5.82 Å². The Labute approximate surface area is 125 Å². The third-order valence-corrected chi connectivity index (χ3v) is 4.38. The van der Waals surface area contributed by atoms with Crippen molar-refractivity contribution >= 4 is 56.6 Å². The number of hydrogen-bond donors (Lipinski definition) is 2. The third-order valence-electron chi connectivity index (χ3n) is 2.79. The first-order valence-corrected chi connectivity index (χ1v) is 7.48. The van der Waals surface area contributed by atoms with E-state index in [1.54, 1.807) is 12.1 Å². The molecule has 1 aromatic heterocycles. The standard InChI is InChI=1S/C12H8IN3O2S/c13-5-1-2-7-6(3-5)12(18)16-11(15-7)9-8(17)4-19-10(9)14/h1-3H,4,14H2,(H,15,16,18). The molecule has 0 bridgehead atoms. The van der Waals surface area contributed by atoms with Gasteiger partial charge in [-0.2, -0.15) is 0 Å². The van der Waals surface area contributed by atoms with Crippen molar-refractivity contribution in [2.24, 2.45) is 5.73 Å². The summed E-state index contributed by atoms with van der Waals surface area (Å²) in [4.78, 5) is 30.8. The highest BCUT2D eigenvalue weighted by Crippen LogP contribution is 2.30. The fraction of sp³-hybridized carbons (Fsp3) is 0.0833. The van der Waals surface area contributed by atoms with Gasteiger partial charge in [0.05, 0.1) is 27.3 Å². The number of carbonyl (C=O) groups is 1. The molecule has 96 valence electrons. The lowest BCUT2D eigenvalue weighted by Crippen LogP contribution is -2.15. The summed E-state index contributed by atoms with van der Waals surface area (Å²) in [6.45, 7) is 0. The Balaban J connectivity index is 2.28. The van der Waals surface area contributed by atoms with Gasteiger partial charge in [0.2, 0.25) is 0 Å². The number of aromatic amines is 1. The lowest BCUT2D eigenvalue weighted by molar-refractivity contribution is -0.111. The average Bonchev–Trinajstić information content (AvgIpc) is 2.70. The van der Waals surface area contributed by atoms with Crippen LogP contribution in [0.3, 0.4) is 0 Å². The smallest absolute Gasteiger partial charge is 0.259 e. The summed E-state index contributed by atoms with van der Waals surface area (Å²) in [5.41, 5.74) is 6.40. The zero-order valence-corrected chi connectivity index (χ0v) is 12.5. The van der Waals surface area contributed by atoms with E-state index < -0.39 is 0 Å². The molecule has 0 saturated carbocycles. The first kappa shape index (κ1) is 12.7. The molecule has 0 unspecified atom stereocenters. The van der Waals surface area contributed by atoms with Gasteiger partial charge in [-0.1, -0.05) is 11.8 Å². The number of rotatable bonds is 1. The van der Waals surface area contributed by atoms with Crippen LogP contribution in [0.25, 0.3) is 16.5 Å². The van der Waals surface area contributed by atoms with Crippen molar-refractivity contribution in [3.05, 3.63) is 43.0 Å². The number of ketones is 1. The fourth-order valence-corrected chi connectivity index (χ4v) is 3.18. The van der Waals surface area contributed by atoms with Crippen molar-refractivity contribution in [3.63, 3.8) is 0 Å². The number of allylic oxidation sites excluding steroid dienone is 1. The van der Waals surface area contributed by atoms with Crippen LogP contribution >= 0.6 is 34.4 Å². The summed E-state index contributed by atoms with van der Waals surface area (Å²) in [5, 5.41) is 0.922. The van der Waals surface area contributed by atoms with Gasteiger partial charge < -0.3 is 10.7 Å². The van der Waals surface area contributed by atoms with Crippen LogP contribution in [0.2, 0.25) is 0 Å². The molecule has 1 aliphatic heterocycles. The fourth-order valence-electron chi connectivity index (χ4n) is 1.90. The number of nitrogens with zero attached hydrogens (tertiary/aromatic N) is 1. The minimum atomic E-state index is -0.261. The quantitative estimate of drug-likeness (QED) is 0.726. The number of nitrogens with two attached hydrogens (primary N) is 1. The Morgan fingerprint density at radius 3 is 2.84 bits per heavy atom. The van der Waals surface area contributed by atoms with Crippen molar-refractivity contribution in [1.82, 2.24) is 9.97 Å². The van der Waals surface area contributed by atoms with Crippen LogP contribution in [0, 0.1) is 3.57 Å². The second-order valence-electron chi connectivity index (χ2n) is 4.03. The highest BCUT2D eigenvalue weighted by atomic mass is 127. The number of H-pyrrole nitrogens is 1. The molecule has 1 aromatic carbocycles. The minimum absolute atomic E-state index is 0.101. The minimum Gasteiger partial charge on any atom is -0.393 e. The van der Waals surface area contributed by atoms with Crippen molar-refractivity contribution in [2.45, 2.75) is 0 Å². The van der Waals surface area contributed by atoms with Gasteiger partial charge >= 0.3 is 0 Å². The average molecular weight is 385 g/mol. The Morgan fingerprint density at radius 2 is 2.16 bits per heavy atom. The zero-order valence-electron chi connectivity index (χ0n) is 9.57. The van der Waals surface area contributed by atoms with E-state index >= 15 is 0 Å². The summed E-state index contributed by atoms with van der Waals surface area (Å²) in [7, 11) is 0. The summed E-state index contributed by atoms with van der Waals surface area (Å²) >= 11 is 3.40. The Hall–Kier alpha value is -1.35. The van der Waals surface area contributed by atoms with Gasteiger partial charge in [0, 0.05) is 3.57 Å². The molecule has 5 nitrogen and oxygen atoms in total. The number of benzene rings is 1. The molecule has 2 heterocycles. The molecule has 2 aromatic rings. The number of aromatic nitrogens is 2. The largest absolute Gasteiger partial charge is 0.393 e. The molecule has 0 atom stereocenters. The van der Waals surface area contributed by atoms with Gasteiger partial charge in [0.15, 0.2) is 5.78 Å². The van der Waals surface area contributed by atoms with Crippen molar-refractivity contribution in [3.8, 4) is 0 Å². The van der Waals surface area contributed by atoms with Crippen molar-refractivity contribution in [2.75, 3.05) is 5.75 Å². The third kappa shape index (κ3) is 2.16. The molecular formula is C12H8IN3O2S. The van der Waals surface area contributed by atoms with Crippen LogP contribution in [0.1, 0.15) is 5.82 Å². The highest BCUT2D eigenvalue weighted by Gasteiger charge is 2.25. The van der Waals surface area contributed by atoms with Crippen LogP contribution in [-0.2, 0) is 4.79 Å². The van der Waals surface area contributed by atoms with Gasteiger partial charge in [-0.15, -0.1) is 0 Å². The maximum atomic E-state index is 12.0. The first-order valence-electron chi connectivity index (χ1n) is 5.42. The lowest BCUT2D eigenvalue weighted by atomic mass is 10.1. The van der Waals surface area contributed by atoms with Crippen molar-refractivity contribution in [1.29, 1.82) is 0 Å². The van der Waals surface area contributed by atoms with E-state index in [1.807, 2.05) is 6.07 Å². The topological polar surface area (TPSA) is 88.8 Å². The number of hydrogen-bond acceptors (Lipinski definition) is 5. The predicted molar refractivity (Wildman–Crippen MR) is 83.7 cm³/mol. The Bertz CT molecular complexity index is 797. The van der Waals surface area contributed by atoms with Gasteiger partial charge in [0.25, 0.3) is 5.56 Å². The van der Waals surface area contributed by atoms with E-state index in [0.717, 1.165) is 3.57 Å². The van der Waals surface area contributed by atoms with E-state index in [9.17, 15) is 9.59 Å². The highest BCUT2D eigenvalue weighted by molar-refractivity contribution is 14.1. The maximum absolute atomic E-state index is 12.0. The molecule has 1 aliphatic rings. The summed E-state index contributed by atoms with van der Waals surface area (Å²) < 4.78 is 0.955. The van der Waals surface area contributed by atoms with Crippen LogP contribution in [0.5, 0.6) is 0 Å². The molecule has 19 heavy (non-hydrogen) atoms. The number of fused-ring (bicyclic) bond motifs is 1. The molecule has 7 heteroatoms. The molecule has 0 aliphatic carbocycles. The normalized spacial score (nSPS) is 15.5. The van der Waals surface area contributed by atoms with E-state index in [2.05, 4.69) is 32.6 Å². The summed E-state index contributed by atoms with van der Waals surface area (Å²) in [5.74, 6) is 0.456.